The lowest BCUT2D eigenvalue weighted by Crippen LogP contribution is -2.63. The molecule has 130 valence electrons. The van der Waals surface area contributed by atoms with Gasteiger partial charge in [0.05, 0.1) is 12.7 Å². The predicted molar refractivity (Wildman–Crippen MR) is 67.2 cm³/mol. The Kier molecular flexibility index (Phi) is 5.72. The van der Waals surface area contributed by atoms with E-state index in [1.165, 1.54) is 6.92 Å². The zero-order valence-electron chi connectivity index (χ0n) is 11.8. The second-order valence-corrected chi connectivity index (χ2v) is 5.51. The van der Waals surface area contributed by atoms with E-state index in [1.54, 1.807) is 0 Å². The van der Waals surface area contributed by atoms with Crippen LogP contribution in [0.2, 0.25) is 0 Å². The largest absolute Gasteiger partial charge is 0.394 e. The lowest BCUT2D eigenvalue weighted by Gasteiger charge is -2.44. The third-order valence-corrected chi connectivity index (χ3v) is 3.94. The highest BCUT2D eigenvalue weighted by Gasteiger charge is 2.49. The van der Waals surface area contributed by atoms with Gasteiger partial charge in [-0.05, 0) is 6.92 Å². The molecule has 2 saturated heterocycles. The predicted octanol–water partition coefficient (Wildman–Crippen LogP) is -4.37. The van der Waals surface area contributed by atoms with Gasteiger partial charge in [-0.25, -0.2) is 0 Å². The molecule has 10 heteroatoms. The van der Waals surface area contributed by atoms with E-state index in [9.17, 15) is 30.6 Å². The Morgan fingerprint density at radius 2 is 1.45 bits per heavy atom. The molecule has 0 amide bonds. The highest BCUT2D eigenvalue weighted by atomic mass is 16.7. The first-order valence-electron chi connectivity index (χ1n) is 6.93. The number of aliphatic hydroxyl groups excluding tert-OH is 7. The van der Waals surface area contributed by atoms with Gasteiger partial charge < -0.3 is 50.0 Å². The van der Waals surface area contributed by atoms with Crippen LogP contribution in [0.25, 0.3) is 0 Å². The minimum atomic E-state index is -1.69. The summed E-state index contributed by atoms with van der Waals surface area (Å²) < 4.78 is 15.3. The van der Waals surface area contributed by atoms with Crippen molar-refractivity contribution >= 4 is 0 Å². The zero-order valence-corrected chi connectivity index (χ0v) is 11.8. The van der Waals surface area contributed by atoms with Gasteiger partial charge in [0.15, 0.2) is 12.6 Å². The van der Waals surface area contributed by atoms with E-state index in [0.29, 0.717) is 0 Å². The average molecular weight is 326 g/mol. The molecule has 2 aliphatic heterocycles. The maximum atomic E-state index is 9.93. The molecule has 10 nitrogen and oxygen atoms in total. The Hall–Kier alpha value is -0.400. The van der Waals surface area contributed by atoms with Crippen molar-refractivity contribution in [1.82, 2.24) is 0 Å². The number of rotatable bonds is 3. The molecule has 0 radical (unpaired) electrons. The van der Waals surface area contributed by atoms with Gasteiger partial charge in [0, 0.05) is 0 Å². The number of hydrogen-bond donors (Lipinski definition) is 7. The van der Waals surface area contributed by atoms with Crippen LogP contribution in [-0.4, -0.2) is 104 Å². The van der Waals surface area contributed by atoms with Crippen LogP contribution in [0.15, 0.2) is 0 Å². The van der Waals surface area contributed by atoms with Crippen molar-refractivity contribution in [3.63, 3.8) is 0 Å². The van der Waals surface area contributed by atoms with Crippen LogP contribution < -0.4 is 0 Å². The molecule has 7 N–H and O–H groups in total. The van der Waals surface area contributed by atoms with Gasteiger partial charge in [-0.1, -0.05) is 0 Å². The fraction of sp³-hybridized carbons (Fsp3) is 1.00. The number of hydrogen-bond acceptors (Lipinski definition) is 10. The van der Waals surface area contributed by atoms with Gasteiger partial charge in [0.2, 0.25) is 0 Å². The van der Waals surface area contributed by atoms with E-state index >= 15 is 0 Å². The van der Waals surface area contributed by atoms with Crippen molar-refractivity contribution in [1.29, 1.82) is 0 Å². The van der Waals surface area contributed by atoms with Gasteiger partial charge in [0.25, 0.3) is 0 Å². The SMILES string of the molecule is C[C@@H]1O[C@H](O[C@H]2C(O)O[C@H](CO)[C@H](O)[C@@H]2O)[C@@H](O)[C@H](O)[C@@H]1O. The molecular weight excluding hydrogens is 304 g/mol. The molecular formula is C12H22O10. The van der Waals surface area contributed by atoms with Crippen molar-refractivity contribution in [2.45, 2.75) is 68.3 Å². The fourth-order valence-electron chi connectivity index (χ4n) is 2.50. The standard InChI is InChI=1S/C12H22O10/c1-3-5(14)7(16)9(18)12(20-3)22-10-8(17)6(15)4(2-13)21-11(10)19/h3-19H,2H2,1H3/t3-,4+,5+,6-,7+,8-,9-,10+,11?,12+/m0/s1. The molecule has 0 spiro atoms. The third kappa shape index (κ3) is 3.26. The summed E-state index contributed by atoms with van der Waals surface area (Å²) in [6, 6.07) is 0. The van der Waals surface area contributed by atoms with Crippen LogP contribution in [0.4, 0.5) is 0 Å². The van der Waals surface area contributed by atoms with Crippen LogP contribution in [0, 0.1) is 0 Å². The normalized spacial score (nSPS) is 53.5. The van der Waals surface area contributed by atoms with E-state index in [0.717, 1.165) is 0 Å². The molecule has 10 atom stereocenters. The lowest BCUT2D eigenvalue weighted by molar-refractivity contribution is -0.358. The summed E-state index contributed by atoms with van der Waals surface area (Å²) in [6.45, 7) is 0.823. The summed E-state index contributed by atoms with van der Waals surface area (Å²) in [5.41, 5.74) is 0. The Morgan fingerprint density at radius 3 is 2.05 bits per heavy atom. The van der Waals surface area contributed by atoms with Crippen LogP contribution in [-0.2, 0) is 14.2 Å². The van der Waals surface area contributed by atoms with E-state index < -0.39 is 68.0 Å². The highest BCUT2D eigenvalue weighted by Crippen LogP contribution is 2.28. The van der Waals surface area contributed by atoms with Gasteiger partial charge in [-0.3, -0.25) is 0 Å². The number of aliphatic hydroxyl groups is 7. The molecule has 0 aromatic carbocycles. The molecule has 0 saturated carbocycles. The van der Waals surface area contributed by atoms with Crippen LogP contribution in [0.5, 0.6) is 0 Å². The molecule has 0 bridgehead atoms. The maximum absolute atomic E-state index is 9.93. The zero-order chi connectivity index (χ0) is 16.6. The Morgan fingerprint density at radius 1 is 0.818 bits per heavy atom. The fourth-order valence-corrected chi connectivity index (χ4v) is 2.50. The third-order valence-electron chi connectivity index (χ3n) is 3.94. The molecule has 2 rings (SSSR count). The van der Waals surface area contributed by atoms with Crippen molar-refractivity contribution < 1.29 is 50.0 Å². The summed E-state index contributed by atoms with van der Waals surface area (Å²) in [4.78, 5) is 0. The topological polar surface area (TPSA) is 169 Å². The van der Waals surface area contributed by atoms with Gasteiger partial charge >= 0.3 is 0 Å². The molecule has 0 aromatic rings. The van der Waals surface area contributed by atoms with Crippen LogP contribution in [0.3, 0.4) is 0 Å². The second-order valence-electron chi connectivity index (χ2n) is 5.51. The van der Waals surface area contributed by atoms with E-state index in [1.807, 2.05) is 0 Å². The minimum Gasteiger partial charge on any atom is -0.394 e. The molecule has 2 heterocycles. The summed E-state index contributed by atoms with van der Waals surface area (Å²) in [5.74, 6) is 0. The Bertz CT molecular complexity index is 368. The second kappa shape index (κ2) is 7.01. The van der Waals surface area contributed by atoms with Crippen molar-refractivity contribution in [3.8, 4) is 0 Å². The molecule has 22 heavy (non-hydrogen) atoms. The van der Waals surface area contributed by atoms with Gasteiger partial charge in [-0.2, -0.15) is 0 Å². The van der Waals surface area contributed by atoms with E-state index in [-0.39, 0.29) is 0 Å². The Balaban J connectivity index is 2.06. The van der Waals surface area contributed by atoms with Crippen molar-refractivity contribution in [3.05, 3.63) is 0 Å². The molecule has 0 aliphatic carbocycles. The maximum Gasteiger partial charge on any atom is 0.187 e. The first-order valence-corrected chi connectivity index (χ1v) is 6.93. The first-order chi connectivity index (χ1) is 10.3. The first kappa shape index (κ1) is 17.9. The molecule has 1 unspecified atom stereocenters. The number of ether oxygens (including phenoxy) is 3. The Labute approximate surface area is 126 Å². The quantitative estimate of drug-likeness (QED) is 0.269. The summed E-state index contributed by atoms with van der Waals surface area (Å²) in [5, 5.41) is 67.5. The lowest BCUT2D eigenvalue weighted by atomic mass is 9.97. The van der Waals surface area contributed by atoms with Crippen molar-refractivity contribution in [2.75, 3.05) is 6.61 Å². The van der Waals surface area contributed by atoms with Gasteiger partial charge in [-0.15, -0.1) is 0 Å². The van der Waals surface area contributed by atoms with Crippen molar-refractivity contribution in [2.24, 2.45) is 0 Å². The molecule has 0 aromatic heterocycles. The van der Waals surface area contributed by atoms with Gasteiger partial charge in [0.1, 0.15) is 42.7 Å². The summed E-state index contributed by atoms with van der Waals surface area (Å²) in [6.07, 6.45) is -14.3. The molecule has 2 fully saturated rings. The smallest absolute Gasteiger partial charge is 0.187 e. The molecule has 2 aliphatic rings. The van der Waals surface area contributed by atoms with Crippen LogP contribution in [0.1, 0.15) is 6.92 Å². The highest BCUT2D eigenvalue weighted by molar-refractivity contribution is 4.92. The summed E-state index contributed by atoms with van der Waals surface area (Å²) in [7, 11) is 0. The minimum absolute atomic E-state index is 0.619. The summed E-state index contributed by atoms with van der Waals surface area (Å²) >= 11 is 0. The van der Waals surface area contributed by atoms with Crippen LogP contribution >= 0.6 is 0 Å². The van der Waals surface area contributed by atoms with E-state index in [4.69, 9.17) is 19.3 Å². The monoisotopic (exact) mass is 326 g/mol. The van der Waals surface area contributed by atoms with E-state index in [2.05, 4.69) is 0 Å². The average Bonchev–Trinajstić information content (AvgIpc) is 2.49.